The van der Waals surface area contributed by atoms with Crippen molar-refractivity contribution in [3.63, 3.8) is 0 Å². The van der Waals surface area contributed by atoms with Crippen molar-refractivity contribution in [2.24, 2.45) is 0 Å². The molecular weight excluding hydrogens is 206 g/mol. The first-order valence-corrected chi connectivity index (χ1v) is 6.12. The van der Waals surface area contributed by atoms with Crippen LogP contribution in [0.5, 0.6) is 0 Å². The second-order valence-corrected chi connectivity index (χ2v) is 4.53. The molecule has 1 heterocycles. The lowest BCUT2D eigenvalue weighted by molar-refractivity contribution is -0.137. The van der Waals surface area contributed by atoms with E-state index in [-0.39, 0.29) is 12.3 Å². The van der Waals surface area contributed by atoms with E-state index in [2.05, 4.69) is 6.92 Å². The molecule has 0 bridgehead atoms. The number of carbonyl (C=O) groups is 2. The molecule has 0 aliphatic carbocycles. The van der Waals surface area contributed by atoms with Gasteiger partial charge in [-0.1, -0.05) is 12.8 Å². The van der Waals surface area contributed by atoms with E-state index in [4.69, 9.17) is 5.11 Å². The summed E-state index contributed by atoms with van der Waals surface area (Å²) in [4.78, 5) is 23.7. The fourth-order valence-electron chi connectivity index (χ4n) is 2.13. The molecule has 1 amide bonds. The van der Waals surface area contributed by atoms with Crippen molar-refractivity contribution in [3.05, 3.63) is 0 Å². The standard InChI is InChI=1S/C12H21NO3/c1-10-7-8-11(14)13(10)9-5-3-2-4-6-12(15)16/h10H,2-9H2,1H3,(H,15,16). The van der Waals surface area contributed by atoms with Crippen molar-refractivity contribution < 1.29 is 14.7 Å². The number of nitrogens with zero attached hydrogens (tertiary/aromatic N) is 1. The summed E-state index contributed by atoms with van der Waals surface area (Å²) >= 11 is 0. The van der Waals surface area contributed by atoms with Gasteiger partial charge in [0.25, 0.3) is 0 Å². The molecule has 92 valence electrons. The Balaban J connectivity index is 2.02. The lowest BCUT2D eigenvalue weighted by atomic mass is 10.1. The second kappa shape index (κ2) is 6.51. The van der Waals surface area contributed by atoms with Gasteiger partial charge in [-0.3, -0.25) is 9.59 Å². The number of unbranched alkanes of at least 4 members (excludes halogenated alkanes) is 3. The van der Waals surface area contributed by atoms with Crippen molar-refractivity contribution in [2.45, 2.75) is 57.9 Å². The lowest BCUT2D eigenvalue weighted by Gasteiger charge is -2.21. The largest absolute Gasteiger partial charge is 0.481 e. The highest BCUT2D eigenvalue weighted by Crippen LogP contribution is 2.18. The molecule has 0 aromatic carbocycles. The van der Waals surface area contributed by atoms with E-state index in [1.165, 1.54) is 0 Å². The molecule has 0 aromatic rings. The van der Waals surface area contributed by atoms with Crippen LogP contribution in [0.3, 0.4) is 0 Å². The van der Waals surface area contributed by atoms with Gasteiger partial charge in [-0.05, 0) is 26.2 Å². The highest BCUT2D eigenvalue weighted by Gasteiger charge is 2.26. The average molecular weight is 227 g/mol. The minimum Gasteiger partial charge on any atom is -0.481 e. The van der Waals surface area contributed by atoms with Crippen molar-refractivity contribution in [1.29, 1.82) is 0 Å². The van der Waals surface area contributed by atoms with Crippen LogP contribution in [0.4, 0.5) is 0 Å². The van der Waals surface area contributed by atoms with Crippen LogP contribution in [-0.4, -0.2) is 34.5 Å². The van der Waals surface area contributed by atoms with E-state index in [1.807, 2.05) is 4.90 Å². The van der Waals surface area contributed by atoms with Gasteiger partial charge in [0, 0.05) is 25.4 Å². The Bertz CT molecular complexity index is 253. The molecule has 1 fully saturated rings. The molecule has 1 rings (SSSR count). The third kappa shape index (κ3) is 4.21. The van der Waals surface area contributed by atoms with Gasteiger partial charge in [-0.2, -0.15) is 0 Å². The number of hydrogen-bond donors (Lipinski definition) is 1. The van der Waals surface area contributed by atoms with Crippen LogP contribution in [0.2, 0.25) is 0 Å². The average Bonchev–Trinajstić information content (AvgIpc) is 2.53. The Hall–Kier alpha value is -1.06. The normalized spacial score (nSPS) is 20.4. The molecule has 1 N–H and O–H groups in total. The van der Waals surface area contributed by atoms with Gasteiger partial charge in [0.2, 0.25) is 5.91 Å². The number of hydrogen-bond acceptors (Lipinski definition) is 2. The molecule has 1 atom stereocenters. The van der Waals surface area contributed by atoms with Crippen molar-refractivity contribution in [1.82, 2.24) is 4.90 Å². The van der Waals surface area contributed by atoms with Crippen LogP contribution in [-0.2, 0) is 9.59 Å². The van der Waals surface area contributed by atoms with Crippen LogP contribution >= 0.6 is 0 Å². The first-order chi connectivity index (χ1) is 7.61. The minimum absolute atomic E-state index is 0.263. The van der Waals surface area contributed by atoms with Crippen molar-refractivity contribution in [2.75, 3.05) is 6.54 Å². The summed E-state index contributed by atoms with van der Waals surface area (Å²) in [7, 11) is 0. The third-order valence-electron chi connectivity index (χ3n) is 3.17. The topological polar surface area (TPSA) is 57.6 Å². The van der Waals surface area contributed by atoms with Crippen LogP contribution in [0.15, 0.2) is 0 Å². The zero-order valence-corrected chi connectivity index (χ0v) is 9.95. The number of aliphatic carboxylic acids is 1. The fourth-order valence-corrected chi connectivity index (χ4v) is 2.13. The van der Waals surface area contributed by atoms with Gasteiger partial charge in [0.05, 0.1) is 0 Å². The van der Waals surface area contributed by atoms with E-state index in [9.17, 15) is 9.59 Å². The first kappa shape index (κ1) is 13.0. The zero-order valence-electron chi connectivity index (χ0n) is 9.95. The maximum Gasteiger partial charge on any atom is 0.303 e. The second-order valence-electron chi connectivity index (χ2n) is 4.53. The highest BCUT2D eigenvalue weighted by atomic mass is 16.4. The predicted molar refractivity (Wildman–Crippen MR) is 61.1 cm³/mol. The highest BCUT2D eigenvalue weighted by molar-refractivity contribution is 5.78. The summed E-state index contributed by atoms with van der Waals surface area (Å²) in [5.41, 5.74) is 0. The maximum atomic E-state index is 11.4. The summed E-state index contributed by atoms with van der Waals surface area (Å²) < 4.78 is 0. The predicted octanol–water partition coefficient (Wildman–Crippen LogP) is 2.03. The molecule has 0 spiro atoms. The minimum atomic E-state index is -0.719. The monoisotopic (exact) mass is 227 g/mol. The summed E-state index contributed by atoms with van der Waals surface area (Å²) in [5.74, 6) is -0.443. The van der Waals surface area contributed by atoms with E-state index in [0.29, 0.717) is 12.5 Å². The molecule has 1 aliphatic heterocycles. The van der Waals surface area contributed by atoms with Crippen molar-refractivity contribution >= 4 is 11.9 Å². The summed E-state index contributed by atoms with van der Waals surface area (Å²) in [5, 5.41) is 8.46. The molecule has 4 heteroatoms. The van der Waals surface area contributed by atoms with Gasteiger partial charge >= 0.3 is 5.97 Å². The quantitative estimate of drug-likeness (QED) is 0.677. The molecule has 4 nitrogen and oxygen atoms in total. The van der Waals surface area contributed by atoms with Crippen LogP contribution in [0.25, 0.3) is 0 Å². The number of carbonyl (C=O) groups excluding carboxylic acids is 1. The molecular formula is C12H21NO3. The Labute approximate surface area is 96.6 Å². The number of carboxylic acid groups (broad SMARTS) is 1. The summed E-state index contributed by atoms with van der Waals surface area (Å²) in [6.45, 7) is 2.93. The Morgan fingerprint density at radius 3 is 2.62 bits per heavy atom. The SMILES string of the molecule is CC1CCC(=O)N1CCCCCCC(=O)O. The zero-order chi connectivity index (χ0) is 12.0. The van der Waals surface area contributed by atoms with E-state index < -0.39 is 5.97 Å². The van der Waals surface area contributed by atoms with Gasteiger partial charge in [0.1, 0.15) is 0 Å². The molecule has 16 heavy (non-hydrogen) atoms. The van der Waals surface area contributed by atoms with Crippen molar-refractivity contribution in [3.8, 4) is 0 Å². The smallest absolute Gasteiger partial charge is 0.303 e. The fraction of sp³-hybridized carbons (Fsp3) is 0.833. The summed E-state index contributed by atoms with van der Waals surface area (Å²) in [6, 6.07) is 0.395. The molecule has 0 aromatic heterocycles. The maximum absolute atomic E-state index is 11.4. The van der Waals surface area contributed by atoms with Gasteiger partial charge < -0.3 is 10.0 Å². The van der Waals surface area contributed by atoms with Crippen LogP contribution in [0, 0.1) is 0 Å². The Morgan fingerprint density at radius 2 is 2.06 bits per heavy atom. The van der Waals surface area contributed by atoms with Gasteiger partial charge in [-0.25, -0.2) is 0 Å². The molecule has 1 saturated heterocycles. The molecule has 1 unspecified atom stereocenters. The first-order valence-electron chi connectivity index (χ1n) is 6.12. The number of amides is 1. The summed E-state index contributed by atoms with van der Waals surface area (Å²) in [6.07, 6.45) is 5.65. The molecule has 0 saturated carbocycles. The molecule has 1 aliphatic rings. The van der Waals surface area contributed by atoms with E-state index >= 15 is 0 Å². The van der Waals surface area contributed by atoms with Gasteiger partial charge in [0.15, 0.2) is 0 Å². The van der Waals surface area contributed by atoms with Gasteiger partial charge in [-0.15, -0.1) is 0 Å². The third-order valence-corrected chi connectivity index (χ3v) is 3.17. The molecule has 0 radical (unpaired) electrons. The Morgan fingerprint density at radius 1 is 1.38 bits per heavy atom. The Kier molecular flexibility index (Phi) is 5.29. The lowest BCUT2D eigenvalue weighted by Crippen LogP contribution is -2.31. The van der Waals surface area contributed by atoms with Crippen LogP contribution in [0.1, 0.15) is 51.9 Å². The van der Waals surface area contributed by atoms with E-state index in [1.54, 1.807) is 0 Å². The van der Waals surface area contributed by atoms with Crippen LogP contribution < -0.4 is 0 Å². The van der Waals surface area contributed by atoms with E-state index in [0.717, 1.165) is 38.6 Å². The number of likely N-dealkylation sites (tertiary alicyclic amines) is 1. The number of carboxylic acids is 1. The number of rotatable bonds is 7.